The summed E-state index contributed by atoms with van der Waals surface area (Å²) in [4.78, 5) is 37.6. The lowest BCUT2D eigenvalue weighted by molar-refractivity contribution is -0.151. The lowest BCUT2D eigenvalue weighted by Crippen LogP contribution is -2.40. The lowest BCUT2D eigenvalue weighted by Gasteiger charge is -2.20. The second-order valence-electron chi connectivity index (χ2n) is 5.88. The number of anilines is 1. The van der Waals surface area contributed by atoms with Crippen LogP contribution in [-0.2, 0) is 25.5 Å². The summed E-state index contributed by atoms with van der Waals surface area (Å²) >= 11 is 7.43. The summed E-state index contributed by atoms with van der Waals surface area (Å²) in [5, 5.41) is 6.97. The van der Waals surface area contributed by atoms with Crippen LogP contribution in [0.15, 0.2) is 35.0 Å². The van der Waals surface area contributed by atoms with Gasteiger partial charge in [-0.2, -0.15) is 11.3 Å². The first-order valence-electron chi connectivity index (χ1n) is 8.39. The molecular formula is C19H21ClN2O4S. The molecule has 27 heavy (non-hydrogen) atoms. The average molecular weight is 409 g/mol. The maximum absolute atomic E-state index is 12.2. The highest BCUT2D eigenvalue weighted by atomic mass is 35.5. The van der Waals surface area contributed by atoms with Crippen molar-refractivity contribution >= 4 is 46.4 Å². The molecule has 0 radical (unpaired) electrons. The number of likely N-dealkylation sites (N-methyl/N-ethyl adjacent to an activating group) is 1. The van der Waals surface area contributed by atoms with E-state index in [1.54, 1.807) is 25.1 Å². The van der Waals surface area contributed by atoms with E-state index in [0.29, 0.717) is 17.3 Å². The number of esters is 1. The van der Waals surface area contributed by atoms with Gasteiger partial charge in [-0.15, -0.1) is 0 Å². The third-order valence-electron chi connectivity index (χ3n) is 3.83. The Bertz CT molecular complexity index is 808. The van der Waals surface area contributed by atoms with Gasteiger partial charge >= 0.3 is 5.97 Å². The van der Waals surface area contributed by atoms with Crippen LogP contribution in [0, 0.1) is 6.92 Å². The number of aryl methyl sites for hydroxylation is 1. The fourth-order valence-corrected chi connectivity index (χ4v) is 3.15. The van der Waals surface area contributed by atoms with Gasteiger partial charge in [0.25, 0.3) is 5.91 Å². The van der Waals surface area contributed by atoms with Crippen LogP contribution in [0.2, 0.25) is 5.02 Å². The average Bonchev–Trinajstić information content (AvgIpc) is 3.13. The number of amides is 2. The van der Waals surface area contributed by atoms with E-state index in [9.17, 15) is 14.4 Å². The number of nitrogens with zero attached hydrogens (tertiary/aromatic N) is 1. The van der Waals surface area contributed by atoms with Gasteiger partial charge in [-0.1, -0.05) is 17.7 Å². The number of carbonyl (C=O) groups is 3. The zero-order valence-electron chi connectivity index (χ0n) is 15.2. The third kappa shape index (κ3) is 6.69. The molecule has 0 saturated carbocycles. The van der Waals surface area contributed by atoms with Crippen LogP contribution in [-0.4, -0.2) is 42.4 Å². The van der Waals surface area contributed by atoms with Crippen LogP contribution in [0.4, 0.5) is 5.69 Å². The van der Waals surface area contributed by atoms with Crippen molar-refractivity contribution in [1.29, 1.82) is 0 Å². The molecule has 2 rings (SSSR count). The maximum Gasteiger partial charge on any atom is 0.310 e. The molecular weight excluding hydrogens is 388 g/mol. The van der Waals surface area contributed by atoms with Crippen LogP contribution >= 0.6 is 22.9 Å². The van der Waals surface area contributed by atoms with Gasteiger partial charge in [0, 0.05) is 17.3 Å². The Morgan fingerprint density at radius 2 is 2.04 bits per heavy atom. The summed E-state index contributed by atoms with van der Waals surface area (Å²) in [6.07, 6.45) is 0.122. The Morgan fingerprint density at radius 3 is 2.70 bits per heavy atom. The molecule has 0 bridgehead atoms. The normalized spacial score (nSPS) is 10.3. The molecule has 144 valence electrons. The standard InChI is InChI=1S/C19H21ClN2O4S/c1-3-22(10-17(23)21-16-9-15(20)5-4-13(16)2)18(24)11-26-19(25)8-14-6-7-27-12-14/h4-7,9,12H,3,8,10-11H2,1-2H3,(H,21,23). The molecule has 0 aliphatic rings. The van der Waals surface area contributed by atoms with E-state index in [1.165, 1.54) is 16.2 Å². The number of hydrogen-bond donors (Lipinski definition) is 1. The van der Waals surface area contributed by atoms with E-state index < -0.39 is 11.9 Å². The SMILES string of the molecule is CCN(CC(=O)Nc1cc(Cl)ccc1C)C(=O)COC(=O)Cc1ccsc1. The van der Waals surface area contributed by atoms with E-state index in [1.807, 2.05) is 23.8 Å². The quantitative estimate of drug-likeness (QED) is 0.680. The lowest BCUT2D eigenvalue weighted by atomic mass is 10.2. The van der Waals surface area contributed by atoms with Gasteiger partial charge in [-0.25, -0.2) is 0 Å². The highest BCUT2D eigenvalue weighted by Gasteiger charge is 2.18. The molecule has 1 heterocycles. The molecule has 6 nitrogen and oxygen atoms in total. The zero-order valence-corrected chi connectivity index (χ0v) is 16.7. The van der Waals surface area contributed by atoms with Crippen LogP contribution in [0.3, 0.4) is 0 Å². The predicted molar refractivity (Wildman–Crippen MR) is 106 cm³/mol. The zero-order chi connectivity index (χ0) is 19.8. The molecule has 0 unspecified atom stereocenters. The second kappa shape index (κ2) is 10.1. The number of rotatable bonds is 8. The van der Waals surface area contributed by atoms with E-state index in [0.717, 1.165) is 11.1 Å². The van der Waals surface area contributed by atoms with Crippen LogP contribution in [0.1, 0.15) is 18.1 Å². The smallest absolute Gasteiger partial charge is 0.310 e. The monoisotopic (exact) mass is 408 g/mol. The minimum atomic E-state index is -0.475. The van der Waals surface area contributed by atoms with Gasteiger partial charge in [0.05, 0.1) is 13.0 Å². The van der Waals surface area contributed by atoms with E-state index in [4.69, 9.17) is 16.3 Å². The minimum absolute atomic E-state index is 0.122. The molecule has 8 heteroatoms. The van der Waals surface area contributed by atoms with Crippen molar-refractivity contribution in [2.24, 2.45) is 0 Å². The van der Waals surface area contributed by atoms with Gasteiger partial charge in [-0.05, 0) is 53.9 Å². The van der Waals surface area contributed by atoms with Crippen molar-refractivity contribution < 1.29 is 19.1 Å². The molecule has 2 aromatic rings. The van der Waals surface area contributed by atoms with Crippen LogP contribution in [0.5, 0.6) is 0 Å². The van der Waals surface area contributed by atoms with E-state index >= 15 is 0 Å². The summed E-state index contributed by atoms with van der Waals surface area (Å²) in [6.45, 7) is 3.40. The van der Waals surface area contributed by atoms with Crippen molar-refractivity contribution in [3.05, 3.63) is 51.2 Å². The first-order valence-corrected chi connectivity index (χ1v) is 9.71. The molecule has 0 aliphatic heterocycles. The summed E-state index contributed by atoms with van der Waals surface area (Å²) < 4.78 is 5.02. The van der Waals surface area contributed by atoms with Crippen molar-refractivity contribution in [1.82, 2.24) is 4.90 Å². The molecule has 1 aromatic heterocycles. The van der Waals surface area contributed by atoms with E-state index in [2.05, 4.69) is 5.32 Å². The van der Waals surface area contributed by atoms with Crippen LogP contribution < -0.4 is 5.32 Å². The number of carbonyl (C=O) groups excluding carboxylic acids is 3. The predicted octanol–water partition coefficient (Wildman–Crippen LogP) is 3.28. The van der Waals surface area contributed by atoms with Gasteiger partial charge in [0.2, 0.25) is 5.91 Å². The number of nitrogens with one attached hydrogen (secondary N) is 1. The Hall–Kier alpha value is -2.38. The molecule has 2 amide bonds. The Kier molecular flexibility index (Phi) is 7.82. The first-order chi connectivity index (χ1) is 12.9. The minimum Gasteiger partial charge on any atom is -0.455 e. The maximum atomic E-state index is 12.2. The summed E-state index contributed by atoms with van der Waals surface area (Å²) in [7, 11) is 0. The van der Waals surface area contributed by atoms with Crippen molar-refractivity contribution in [2.75, 3.05) is 25.0 Å². The van der Waals surface area contributed by atoms with Crippen LogP contribution in [0.25, 0.3) is 0 Å². The number of thiophene rings is 1. The highest BCUT2D eigenvalue weighted by molar-refractivity contribution is 7.08. The number of hydrogen-bond acceptors (Lipinski definition) is 5. The largest absolute Gasteiger partial charge is 0.455 e. The molecule has 0 saturated heterocycles. The first kappa shape index (κ1) is 20.9. The van der Waals surface area contributed by atoms with E-state index in [-0.39, 0.29) is 25.5 Å². The molecule has 1 N–H and O–H groups in total. The second-order valence-corrected chi connectivity index (χ2v) is 7.10. The fourth-order valence-electron chi connectivity index (χ4n) is 2.31. The van der Waals surface area contributed by atoms with Gasteiger partial charge in [0.15, 0.2) is 6.61 Å². The fraction of sp³-hybridized carbons (Fsp3) is 0.316. The van der Waals surface area contributed by atoms with Crippen molar-refractivity contribution in [3.8, 4) is 0 Å². The molecule has 0 fully saturated rings. The molecule has 0 aliphatic carbocycles. The number of halogens is 1. The van der Waals surface area contributed by atoms with Crippen molar-refractivity contribution in [2.45, 2.75) is 20.3 Å². The topological polar surface area (TPSA) is 75.7 Å². The summed E-state index contributed by atoms with van der Waals surface area (Å²) in [5.74, 6) is -1.24. The van der Waals surface area contributed by atoms with Crippen molar-refractivity contribution in [3.63, 3.8) is 0 Å². The summed E-state index contributed by atoms with van der Waals surface area (Å²) in [5.41, 5.74) is 2.31. The number of ether oxygens (including phenoxy) is 1. The molecule has 0 atom stereocenters. The van der Waals surface area contributed by atoms with Gasteiger partial charge < -0.3 is 15.0 Å². The van der Waals surface area contributed by atoms with Gasteiger partial charge in [0.1, 0.15) is 0 Å². The number of benzene rings is 1. The van der Waals surface area contributed by atoms with Gasteiger partial charge in [-0.3, -0.25) is 14.4 Å². The Labute approximate surface area is 167 Å². The Balaban J connectivity index is 1.83. The highest BCUT2D eigenvalue weighted by Crippen LogP contribution is 2.20. The summed E-state index contributed by atoms with van der Waals surface area (Å²) in [6, 6.07) is 7.01. The molecule has 0 spiro atoms. The molecule has 1 aromatic carbocycles. The Morgan fingerprint density at radius 1 is 1.26 bits per heavy atom. The third-order valence-corrected chi connectivity index (χ3v) is 4.79.